The summed E-state index contributed by atoms with van der Waals surface area (Å²) in [4.78, 5) is 0. The number of hydrogen-bond acceptors (Lipinski definition) is 8. The van der Waals surface area contributed by atoms with Crippen LogP contribution in [-0.4, -0.2) is 51.4 Å². The molecule has 0 aliphatic heterocycles. The first-order chi connectivity index (χ1) is 23.1. The molecule has 0 aliphatic carbocycles. The number of rotatable bonds is 3. The number of fused-ring (bicyclic) bond motifs is 5. The Hall–Kier alpha value is -6.41. The molecule has 48 heavy (non-hydrogen) atoms. The Morgan fingerprint density at radius 1 is 0.354 bits per heavy atom. The average Bonchev–Trinajstić information content (AvgIpc) is 3.49. The molecule has 8 aromatic rings. The van der Waals surface area contributed by atoms with E-state index in [1.807, 2.05) is 84.9 Å². The number of phenolic OH excluding ortho intramolecular Hbond substituents is 7. The van der Waals surface area contributed by atoms with E-state index in [2.05, 4.69) is 6.07 Å². The third kappa shape index (κ3) is 3.80. The molecule has 1 heterocycles. The molecule has 0 spiro atoms. The largest absolute Gasteiger partial charge is 0.508 e. The minimum Gasteiger partial charge on any atom is -0.508 e. The van der Waals surface area contributed by atoms with Crippen LogP contribution in [-0.2, 0) is 0 Å². The highest BCUT2D eigenvalue weighted by molar-refractivity contribution is 6.44. The molecule has 0 aliphatic rings. The van der Waals surface area contributed by atoms with Crippen molar-refractivity contribution in [3.8, 4) is 73.6 Å². The van der Waals surface area contributed by atoms with Crippen LogP contribution in [0.2, 0.25) is 0 Å². The fourth-order valence-electron chi connectivity index (χ4n) is 7.17. The van der Waals surface area contributed by atoms with E-state index < -0.39 is 40.2 Å². The fraction of sp³-hybridized carbons (Fsp3) is 0. The van der Waals surface area contributed by atoms with Crippen LogP contribution in [0.4, 0.5) is 0 Å². The first kappa shape index (κ1) is 29.0. The molecule has 0 bridgehead atoms. The van der Waals surface area contributed by atoms with E-state index in [-0.39, 0.29) is 27.6 Å². The van der Waals surface area contributed by atoms with E-state index in [1.54, 1.807) is 0 Å². The van der Waals surface area contributed by atoms with Crippen molar-refractivity contribution < 1.29 is 40.2 Å². The molecule has 7 aromatic carbocycles. The number of phenols is 7. The Balaban J connectivity index is 1.50. The molecule has 0 radical (unpaired) electrons. The summed E-state index contributed by atoms with van der Waals surface area (Å²) < 4.78 is 6.22. The van der Waals surface area contributed by atoms with Gasteiger partial charge in [0.25, 0.3) is 0 Å². The first-order valence-corrected chi connectivity index (χ1v) is 15.2. The Morgan fingerprint density at radius 3 is 1.40 bits per heavy atom. The summed E-state index contributed by atoms with van der Waals surface area (Å²) >= 11 is 0. The van der Waals surface area contributed by atoms with Gasteiger partial charge in [0.1, 0.15) is 32.6 Å². The fourth-order valence-corrected chi connectivity index (χ4v) is 7.17. The van der Waals surface area contributed by atoms with Gasteiger partial charge in [-0.05, 0) is 55.7 Å². The van der Waals surface area contributed by atoms with E-state index in [9.17, 15) is 35.7 Å². The molecule has 1 aromatic heterocycles. The van der Waals surface area contributed by atoms with Gasteiger partial charge in [-0.1, -0.05) is 78.9 Å². The van der Waals surface area contributed by atoms with Crippen molar-refractivity contribution in [2.45, 2.75) is 0 Å². The van der Waals surface area contributed by atoms with Crippen LogP contribution in [0.15, 0.2) is 95.4 Å². The van der Waals surface area contributed by atoms with Gasteiger partial charge in [-0.25, -0.2) is 0 Å². The average molecular weight is 632 g/mol. The molecule has 0 fully saturated rings. The van der Waals surface area contributed by atoms with Crippen molar-refractivity contribution in [3.63, 3.8) is 0 Å². The molecule has 0 saturated heterocycles. The summed E-state index contributed by atoms with van der Waals surface area (Å²) in [7, 11) is 2.84. The normalized spacial score (nSPS) is 11.7. The van der Waals surface area contributed by atoms with Crippen LogP contribution in [0.1, 0.15) is 0 Å². The standard InChI is InChI=1S/C38H26B2O8/c39-30-27(28-31(40)36(45)38(47)37(46)34(28)43)33(42)35(44)29(32(30)41)26-18-10-3-1-8-16(18)24(17-9-2-4-11-19(17)26)21-13-7-15-23-25(21)20-12-5-6-14-22(20)48-23/h1-15,41-47H,39-40H2. The third-order valence-corrected chi connectivity index (χ3v) is 9.41. The second kappa shape index (κ2) is 10.3. The molecule has 0 unspecified atom stereocenters. The zero-order valence-corrected chi connectivity index (χ0v) is 25.7. The Bertz CT molecular complexity index is 2560. The maximum absolute atomic E-state index is 11.9. The van der Waals surface area contributed by atoms with Crippen LogP contribution < -0.4 is 10.9 Å². The monoisotopic (exact) mass is 632 g/mol. The molecule has 0 atom stereocenters. The van der Waals surface area contributed by atoms with Crippen molar-refractivity contribution in [1.82, 2.24) is 0 Å². The van der Waals surface area contributed by atoms with Gasteiger partial charge in [0, 0.05) is 27.5 Å². The molecule has 10 heteroatoms. The quantitative estimate of drug-likeness (QED) is 0.0596. The number of hydrogen-bond donors (Lipinski definition) is 7. The predicted molar refractivity (Wildman–Crippen MR) is 193 cm³/mol. The van der Waals surface area contributed by atoms with Crippen molar-refractivity contribution in [2.75, 3.05) is 0 Å². The number of benzene rings is 7. The van der Waals surface area contributed by atoms with Gasteiger partial charge in [-0.15, -0.1) is 0 Å². The molecule has 0 amide bonds. The third-order valence-electron chi connectivity index (χ3n) is 9.41. The van der Waals surface area contributed by atoms with Gasteiger partial charge < -0.3 is 40.2 Å². The SMILES string of the molecule is Bc1c(O)c(O)c(O)c(O)c1-c1c(B)c(O)c(-c2c3ccccc3c(-c3cccc4oc5ccccc5c34)c3ccccc23)c(O)c1O. The van der Waals surface area contributed by atoms with E-state index in [4.69, 9.17) is 4.42 Å². The van der Waals surface area contributed by atoms with Crippen LogP contribution >= 0.6 is 0 Å². The summed E-state index contributed by atoms with van der Waals surface area (Å²) in [6.07, 6.45) is 0. The van der Waals surface area contributed by atoms with Gasteiger partial charge in [0.2, 0.25) is 11.5 Å². The lowest BCUT2D eigenvalue weighted by Gasteiger charge is -2.23. The second-order valence-electron chi connectivity index (χ2n) is 11.9. The van der Waals surface area contributed by atoms with Crippen LogP contribution in [0.3, 0.4) is 0 Å². The van der Waals surface area contributed by atoms with E-state index in [1.165, 1.54) is 15.7 Å². The lowest BCUT2D eigenvalue weighted by atomic mass is 9.76. The summed E-state index contributed by atoms with van der Waals surface area (Å²) in [5.41, 5.74) is 3.27. The molecular weight excluding hydrogens is 606 g/mol. The number of para-hydroxylation sites is 1. The van der Waals surface area contributed by atoms with Crippen molar-refractivity contribution in [2.24, 2.45) is 0 Å². The van der Waals surface area contributed by atoms with Gasteiger partial charge in [0.05, 0.1) is 5.56 Å². The van der Waals surface area contributed by atoms with Crippen molar-refractivity contribution in [1.29, 1.82) is 0 Å². The molecule has 7 N–H and O–H groups in total. The van der Waals surface area contributed by atoms with Crippen LogP contribution in [0.25, 0.3) is 76.9 Å². The Morgan fingerprint density at radius 2 is 0.792 bits per heavy atom. The van der Waals surface area contributed by atoms with Crippen LogP contribution in [0, 0.1) is 0 Å². The summed E-state index contributed by atoms with van der Waals surface area (Å²) in [5.74, 6) is -5.28. The smallest absolute Gasteiger partial charge is 0.204 e. The van der Waals surface area contributed by atoms with Gasteiger partial charge in [-0.3, -0.25) is 0 Å². The van der Waals surface area contributed by atoms with Crippen molar-refractivity contribution in [3.05, 3.63) is 91.0 Å². The highest BCUT2D eigenvalue weighted by Crippen LogP contribution is 2.55. The Labute approximate surface area is 274 Å². The molecular formula is C38H26B2O8. The minimum atomic E-state index is -1.01. The van der Waals surface area contributed by atoms with Crippen molar-refractivity contribution >= 4 is 70.1 Å². The lowest BCUT2D eigenvalue weighted by Crippen LogP contribution is -2.16. The minimum absolute atomic E-state index is 0.0379. The van der Waals surface area contributed by atoms with E-state index in [0.717, 1.165) is 43.8 Å². The maximum atomic E-state index is 11.9. The zero-order valence-electron chi connectivity index (χ0n) is 25.7. The summed E-state index contributed by atoms with van der Waals surface area (Å²) in [5, 5.41) is 81.7. The molecule has 232 valence electrons. The lowest BCUT2D eigenvalue weighted by molar-refractivity contribution is 0.348. The zero-order chi connectivity index (χ0) is 33.6. The first-order valence-electron chi connectivity index (χ1n) is 15.2. The Kier molecular flexibility index (Phi) is 6.23. The summed E-state index contributed by atoms with van der Waals surface area (Å²) in [6.45, 7) is 0. The predicted octanol–water partition coefficient (Wildman–Crippen LogP) is 5.35. The topological polar surface area (TPSA) is 155 Å². The van der Waals surface area contributed by atoms with E-state index >= 15 is 0 Å². The molecule has 8 nitrogen and oxygen atoms in total. The van der Waals surface area contributed by atoms with Gasteiger partial charge >= 0.3 is 0 Å². The second-order valence-corrected chi connectivity index (χ2v) is 11.9. The molecule has 8 rings (SSSR count). The molecule has 0 saturated carbocycles. The number of aromatic hydroxyl groups is 7. The van der Waals surface area contributed by atoms with Gasteiger partial charge in [0.15, 0.2) is 23.0 Å². The highest BCUT2D eigenvalue weighted by Gasteiger charge is 2.31. The maximum Gasteiger partial charge on any atom is 0.204 e. The summed E-state index contributed by atoms with van der Waals surface area (Å²) in [6, 6.07) is 29.1. The van der Waals surface area contributed by atoms with Crippen LogP contribution in [0.5, 0.6) is 40.2 Å². The highest BCUT2D eigenvalue weighted by atomic mass is 16.3. The number of furan rings is 1. The van der Waals surface area contributed by atoms with Gasteiger partial charge in [-0.2, -0.15) is 0 Å². The van der Waals surface area contributed by atoms with E-state index in [0.29, 0.717) is 16.3 Å².